The maximum absolute atomic E-state index is 12.4. The van der Waals surface area contributed by atoms with Crippen LogP contribution in [-0.4, -0.2) is 33.8 Å². The third-order valence-electron chi connectivity index (χ3n) is 6.52. The highest BCUT2D eigenvalue weighted by Gasteiger charge is 2.61. The van der Waals surface area contributed by atoms with Crippen molar-refractivity contribution in [1.29, 1.82) is 0 Å². The minimum absolute atomic E-state index is 0.0508. The van der Waals surface area contributed by atoms with Crippen molar-refractivity contribution < 1.29 is 9.53 Å². The van der Waals surface area contributed by atoms with Crippen molar-refractivity contribution >= 4 is 17.5 Å². The van der Waals surface area contributed by atoms with E-state index in [0.29, 0.717) is 22.4 Å². The summed E-state index contributed by atoms with van der Waals surface area (Å²) >= 11 is 1.36. The molecule has 0 radical (unpaired) electrons. The van der Waals surface area contributed by atoms with Gasteiger partial charge in [0.1, 0.15) is 5.75 Å². The van der Waals surface area contributed by atoms with Gasteiger partial charge in [-0.1, -0.05) is 32.5 Å². The number of methoxy groups -OCH3 is 1. The molecule has 2 bridgehead atoms. The van der Waals surface area contributed by atoms with Crippen molar-refractivity contribution in [3.8, 4) is 5.75 Å². The summed E-state index contributed by atoms with van der Waals surface area (Å²) in [5, 5.41) is 9.38. The lowest BCUT2D eigenvalue weighted by atomic mass is 9.70. The van der Waals surface area contributed by atoms with E-state index in [0.717, 1.165) is 30.0 Å². The van der Waals surface area contributed by atoms with Gasteiger partial charge in [0.15, 0.2) is 5.78 Å². The van der Waals surface area contributed by atoms with Crippen LogP contribution in [0.5, 0.6) is 5.75 Å². The second-order valence-corrected chi connectivity index (χ2v) is 8.86. The predicted molar refractivity (Wildman–Crippen MR) is 101 cm³/mol. The molecule has 2 aliphatic rings. The van der Waals surface area contributed by atoms with Crippen molar-refractivity contribution in [3.63, 3.8) is 0 Å². The van der Waals surface area contributed by atoms with Crippen LogP contribution in [0.15, 0.2) is 29.4 Å². The molecule has 136 valence electrons. The number of carbonyl (C=O) groups excluding carboxylic acids is 1. The molecule has 0 unspecified atom stereocenters. The molecular weight excluding hydrogens is 346 g/mol. The van der Waals surface area contributed by atoms with Crippen LogP contribution in [0.3, 0.4) is 0 Å². The lowest BCUT2D eigenvalue weighted by Gasteiger charge is -2.33. The van der Waals surface area contributed by atoms with E-state index in [1.807, 2.05) is 0 Å². The van der Waals surface area contributed by atoms with E-state index in [-0.39, 0.29) is 16.6 Å². The van der Waals surface area contributed by atoms with Crippen LogP contribution in [0, 0.1) is 5.41 Å². The number of fused-ring (bicyclic) bond motifs is 5. The summed E-state index contributed by atoms with van der Waals surface area (Å²) in [6.45, 7) is 6.92. The van der Waals surface area contributed by atoms with Gasteiger partial charge in [0.25, 0.3) is 0 Å². The minimum atomic E-state index is 0.0508. The topological polar surface area (TPSA) is 65.0 Å². The zero-order chi connectivity index (χ0) is 18.5. The summed E-state index contributed by atoms with van der Waals surface area (Å²) in [7, 11) is 1.61. The first-order valence-electron chi connectivity index (χ1n) is 8.92. The number of nitrogens with zero attached hydrogens (tertiary/aromatic N) is 3. The fourth-order valence-electron chi connectivity index (χ4n) is 4.41. The van der Waals surface area contributed by atoms with E-state index in [1.165, 1.54) is 11.8 Å². The van der Waals surface area contributed by atoms with Gasteiger partial charge in [-0.05, 0) is 42.5 Å². The van der Waals surface area contributed by atoms with Crippen LogP contribution >= 0.6 is 11.8 Å². The zero-order valence-electron chi connectivity index (χ0n) is 15.6. The third kappa shape index (κ3) is 2.46. The van der Waals surface area contributed by atoms with Crippen molar-refractivity contribution in [1.82, 2.24) is 15.2 Å². The first-order valence-corrected chi connectivity index (χ1v) is 9.90. The van der Waals surface area contributed by atoms with Crippen molar-refractivity contribution in [2.45, 2.75) is 50.1 Å². The smallest absolute Gasteiger partial charge is 0.209 e. The van der Waals surface area contributed by atoms with Gasteiger partial charge in [0.2, 0.25) is 5.16 Å². The van der Waals surface area contributed by atoms with E-state index < -0.39 is 0 Å². The van der Waals surface area contributed by atoms with E-state index in [2.05, 4.69) is 31.0 Å². The number of hydrogen-bond donors (Lipinski definition) is 0. The molecule has 1 aromatic heterocycles. The molecule has 0 saturated heterocycles. The molecule has 1 fully saturated rings. The Hall–Kier alpha value is -1.95. The van der Waals surface area contributed by atoms with Gasteiger partial charge in [-0.25, -0.2) is 4.98 Å². The van der Waals surface area contributed by atoms with Gasteiger partial charge in [0, 0.05) is 16.9 Å². The monoisotopic (exact) mass is 369 g/mol. The molecule has 2 aliphatic carbocycles. The minimum Gasteiger partial charge on any atom is -0.497 e. The van der Waals surface area contributed by atoms with Gasteiger partial charge < -0.3 is 4.74 Å². The molecule has 6 heteroatoms. The van der Waals surface area contributed by atoms with Gasteiger partial charge in [0.05, 0.1) is 24.3 Å². The molecule has 1 saturated carbocycles. The van der Waals surface area contributed by atoms with E-state index >= 15 is 0 Å². The number of thioether (sulfide) groups is 1. The molecule has 1 heterocycles. The molecular formula is C20H23N3O2S. The second-order valence-electron chi connectivity index (χ2n) is 7.91. The Kier molecular flexibility index (Phi) is 4.06. The highest BCUT2D eigenvalue weighted by atomic mass is 32.2. The third-order valence-corrected chi connectivity index (χ3v) is 7.35. The normalized spacial score (nSPS) is 25.2. The standard InChI is InChI=1S/C20H23N3O2S/c1-19(2)14-9-10-20(19,3)17-16(14)22-23-18(21-17)26-11-15(24)12-5-7-13(25-4)8-6-12/h5-8,14H,9-11H2,1-4H3/t14-,20-/m1/s1. The number of rotatable bonds is 5. The van der Waals surface area contributed by atoms with Gasteiger partial charge in [-0.15, -0.1) is 5.10 Å². The maximum Gasteiger partial charge on any atom is 0.209 e. The van der Waals surface area contributed by atoms with E-state index in [9.17, 15) is 4.79 Å². The quantitative estimate of drug-likeness (QED) is 0.586. The highest BCUT2D eigenvalue weighted by Crippen LogP contribution is 2.66. The second kappa shape index (κ2) is 6.05. The molecule has 0 amide bonds. The number of hydrogen-bond acceptors (Lipinski definition) is 6. The first kappa shape index (κ1) is 17.5. The number of carbonyl (C=O) groups is 1. The molecule has 1 aromatic carbocycles. The molecule has 0 aliphatic heterocycles. The Labute approximate surface area is 158 Å². The van der Waals surface area contributed by atoms with Gasteiger partial charge >= 0.3 is 0 Å². The lowest BCUT2D eigenvalue weighted by molar-refractivity contribution is 0.102. The largest absolute Gasteiger partial charge is 0.497 e. The van der Waals surface area contributed by atoms with Gasteiger partial charge in [-0.2, -0.15) is 5.10 Å². The summed E-state index contributed by atoms with van der Waals surface area (Å²) < 4.78 is 5.13. The van der Waals surface area contributed by atoms with Crippen molar-refractivity contribution in [2.24, 2.45) is 5.41 Å². The number of benzene rings is 1. The predicted octanol–water partition coefficient (Wildman–Crippen LogP) is 4.03. The molecule has 5 nitrogen and oxygen atoms in total. The summed E-state index contributed by atoms with van der Waals surface area (Å²) in [5.41, 5.74) is 3.04. The van der Waals surface area contributed by atoms with Crippen molar-refractivity contribution in [3.05, 3.63) is 41.2 Å². The Balaban J connectivity index is 1.50. The number of Topliss-reactive ketones (excluding diaryl/α,β-unsaturated/α-hetero) is 1. The first-order chi connectivity index (χ1) is 12.4. The molecule has 2 aromatic rings. The average molecular weight is 369 g/mol. The Morgan fingerprint density at radius 2 is 1.96 bits per heavy atom. The fourth-order valence-corrected chi connectivity index (χ4v) is 5.10. The van der Waals surface area contributed by atoms with Crippen LogP contribution < -0.4 is 4.74 Å². The fraction of sp³-hybridized carbons (Fsp3) is 0.500. The van der Waals surface area contributed by atoms with Crippen LogP contribution in [0.25, 0.3) is 0 Å². The summed E-state index contributed by atoms with van der Waals surface area (Å²) in [6, 6.07) is 7.16. The summed E-state index contributed by atoms with van der Waals surface area (Å²) in [4.78, 5) is 17.2. The molecule has 26 heavy (non-hydrogen) atoms. The van der Waals surface area contributed by atoms with Crippen LogP contribution in [-0.2, 0) is 5.41 Å². The molecule has 0 spiro atoms. The number of aromatic nitrogens is 3. The average Bonchev–Trinajstić information content (AvgIpc) is 2.98. The Bertz CT molecular complexity index is 866. The SMILES string of the molecule is COc1ccc(C(=O)CSc2nnc3c(n2)[C@@]2(C)CC[C@H]3C2(C)C)cc1. The van der Waals surface area contributed by atoms with Gasteiger partial charge in [-0.3, -0.25) is 4.79 Å². The van der Waals surface area contributed by atoms with Crippen molar-refractivity contribution in [2.75, 3.05) is 12.9 Å². The number of ether oxygens (including phenoxy) is 1. The molecule has 4 rings (SSSR count). The van der Waals surface area contributed by atoms with Crippen LogP contribution in [0.1, 0.15) is 61.3 Å². The zero-order valence-corrected chi connectivity index (χ0v) is 16.4. The maximum atomic E-state index is 12.4. The lowest BCUT2D eigenvalue weighted by Crippen LogP contribution is -2.32. The Morgan fingerprint density at radius 3 is 2.65 bits per heavy atom. The Morgan fingerprint density at radius 1 is 1.23 bits per heavy atom. The number of ketones is 1. The van der Waals surface area contributed by atoms with Crippen LogP contribution in [0.4, 0.5) is 0 Å². The molecule has 0 N–H and O–H groups in total. The summed E-state index contributed by atoms with van der Waals surface area (Å²) in [5.74, 6) is 1.54. The van der Waals surface area contributed by atoms with E-state index in [1.54, 1.807) is 31.4 Å². The molecule has 2 atom stereocenters. The van der Waals surface area contributed by atoms with E-state index in [4.69, 9.17) is 9.72 Å². The van der Waals surface area contributed by atoms with Crippen LogP contribution in [0.2, 0.25) is 0 Å². The summed E-state index contributed by atoms with van der Waals surface area (Å²) in [6.07, 6.45) is 2.31. The highest BCUT2D eigenvalue weighted by molar-refractivity contribution is 7.99.